The average molecular weight is 158 g/mol. The maximum atomic E-state index is 9.49. The molecule has 2 rings (SSSR count). The summed E-state index contributed by atoms with van der Waals surface area (Å²) in [4.78, 5) is 0. The van der Waals surface area contributed by atoms with Crippen LogP contribution in [0.4, 0.5) is 0 Å². The normalized spacial score (nSPS) is 50.6. The van der Waals surface area contributed by atoms with Crippen LogP contribution in [0.3, 0.4) is 0 Å². The Morgan fingerprint density at radius 2 is 2.27 bits per heavy atom. The second-order valence-electron chi connectivity index (χ2n) is 2.99. The van der Waals surface area contributed by atoms with Gasteiger partial charge in [0.2, 0.25) is 0 Å². The minimum atomic E-state index is -0.496. The molecule has 62 valence electrons. The summed E-state index contributed by atoms with van der Waals surface area (Å²) in [5.41, 5.74) is 0. The van der Waals surface area contributed by atoms with E-state index in [0.29, 0.717) is 6.61 Å². The Bertz CT molecular complexity index is 154. The molecule has 0 spiro atoms. The van der Waals surface area contributed by atoms with Gasteiger partial charge in [0, 0.05) is 0 Å². The molecule has 4 nitrogen and oxygen atoms in total. The van der Waals surface area contributed by atoms with E-state index in [0.717, 1.165) is 0 Å². The van der Waals surface area contributed by atoms with Gasteiger partial charge < -0.3 is 19.3 Å². The van der Waals surface area contributed by atoms with Gasteiger partial charge in [0.1, 0.15) is 33.0 Å². The van der Waals surface area contributed by atoms with Crippen LogP contribution in [0.15, 0.2) is 0 Å². The van der Waals surface area contributed by atoms with E-state index in [9.17, 15) is 5.11 Å². The zero-order valence-corrected chi connectivity index (χ0v) is 6.40. The zero-order valence-electron chi connectivity index (χ0n) is 6.40. The third kappa shape index (κ3) is 1.18. The smallest absolute Gasteiger partial charge is 0.147 e. The molecule has 11 heavy (non-hydrogen) atoms. The Labute approximate surface area is 65.8 Å². The van der Waals surface area contributed by atoms with Crippen LogP contribution in [0, 0.1) is 0 Å². The Hall–Kier alpha value is -0.0951. The van der Waals surface area contributed by atoms with Crippen LogP contribution in [-0.4, -0.2) is 50.7 Å². The number of hydrogen-bond donors (Lipinski definition) is 1. The van der Waals surface area contributed by atoms with Crippen LogP contribution in [0.2, 0.25) is 0 Å². The van der Waals surface area contributed by atoms with Crippen LogP contribution in [0.5, 0.6) is 0 Å². The molecule has 0 saturated carbocycles. The molecule has 2 unspecified atom stereocenters. The SMILES string of the molecule is BC1OC2COCO[C@H]2[C@H]1O. The largest absolute Gasteiger partial charge is 0.388 e. The fourth-order valence-corrected chi connectivity index (χ4v) is 1.55. The van der Waals surface area contributed by atoms with E-state index in [2.05, 4.69) is 0 Å². The number of rotatable bonds is 0. The highest BCUT2D eigenvalue weighted by Crippen LogP contribution is 2.24. The zero-order chi connectivity index (χ0) is 7.84. The second kappa shape index (κ2) is 2.75. The molecule has 5 heteroatoms. The van der Waals surface area contributed by atoms with Gasteiger partial charge in [0.15, 0.2) is 0 Å². The lowest BCUT2D eigenvalue weighted by molar-refractivity contribution is -0.187. The quantitative estimate of drug-likeness (QED) is 0.417. The van der Waals surface area contributed by atoms with Gasteiger partial charge in [-0.3, -0.25) is 0 Å². The van der Waals surface area contributed by atoms with Crippen LogP contribution in [-0.2, 0) is 14.2 Å². The number of ether oxygens (including phenoxy) is 3. The molecule has 0 radical (unpaired) electrons. The van der Waals surface area contributed by atoms with Crippen LogP contribution < -0.4 is 0 Å². The average Bonchev–Trinajstić information content (AvgIpc) is 2.30. The van der Waals surface area contributed by atoms with Crippen LogP contribution >= 0.6 is 0 Å². The van der Waals surface area contributed by atoms with E-state index in [4.69, 9.17) is 14.2 Å². The topological polar surface area (TPSA) is 47.9 Å². The van der Waals surface area contributed by atoms with E-state index >= 15 is 0 Å². The van der Waals surface area contributed by atoms with Crippen molar-refractivity contribution in [2.24, 2.45) is 0 Å². The lowest BCUT2D eigenvalue weighted by Crippen LogP contribution is -2.41. The van der Waals surface area contributed by atoms with Crippen molar-refractivity contribution in [2.45, 2.75) is 24.3 Å². The van der Waals surface area contributed by atoms with Crippen molar-refractivity contribution in [1.82, 2.24) is 0 Å². The first kappa shape index (κ1) is 7.55. The molecule has 2 saturated heterocycles. The van der Waals surface area contributed by atoms with Gasteiger partial charge in [0.25, 0.3) is 0 Å². The first-order valence-electron chi connectivity index (χ1n) is 3.82. The van der Waals surface area contributed by atoms with Crippen molar-refractivity contribution < 1.29 is 19.3 Å². The van der Waals surface area contributed by atoms with Crippen LogP contribution in [0.25, 0.3) is 0 Å². The molecule has 4 atom stereocenters. The summed E-state index contributed by atoms with van der Waals surface area (Å²) in [5, 5.41) is 9.49. The summed E-state index contributed by atoms with van der Waals surface area (Å²) in [7, 11) is 1.84. The minimum absolute atomic E-state index is 0.0752. The fraction of sp³-hybridized carbons (Fsp3) is 1.00. The first-order chi connectivity index (χ1) is 5.29. The summed E-state index contributed by atoms with van der Waals surface area (Å²) in [5.74, 6) is 0. The van der Waals surface area contributed by atoms with Crippen molar-refractivity contribution in [3.63, 3.8) is 0 Å². The van der Waals surface area contributed by atoms with Gasteiger partial charge in [-0.25, -0.2) is 0 Å². The summed E-state index contributed by atoms with van der Waals surface area (Å²) in [6.07, 6.45) is -0.753. The van der Waals surface area contributed by atoms with E-state index in [1.807, 2.05) is 7.85 Å². The summed E-state index contributed by atoms with van der Waals surface area (Å²) < 4.78 is 15.6. The third-order valence-electron chi connectivity index (χ3n) is 2.20. The highest BCUT2D eigenvalue weighted by molar-refractivity contribution is 6.11. The Morgan fingerprint density at radius 3 is 3.00 bits per heavy atom. The minimum Gasteiger partial charge on any atom is -0.388 e. The number of aliphatic hydroxyl groups is 1. The van der Waals surface area contributed by atoms with Crippen molar-refractivity contribution >= 4 is 7.85 Å². The van der Waals surface area contributed by atoms with E-state index < -0.39 is 6.10 Å². The van der Waals surface area contributed by atoms with Gasteiger partial charge in [-0.05, 0) is 0 Å². The molecule has 0 aromatic rings. The molecular weight excluding hydrogens is 147 g/mol. The predicted octanol–water partition coefficient (Wildman–Crippen LogP) is -1.92. The van der Waals surface area contributed by atoms with Crippen molar-refractivity contribution in [3.8, 4) is 0 Å². The summed E-state index contributed by atoms with van der Waals surface area (Å²) in [6, 6.07) is -0.133. The molecule has 2 heterocycles. The van der Waals surface area contributed by atoms with Gasteiger partial charge in [-0.15, -0.1) is 0 Å². The Kier molecular flexibility index (Phi) is 1.89. The first-order valence-corrected chi connectivity index (χ1v) is 3.82. The van der Waals surface area contributed by atoms with E-state index in [1.54, 1.807) is 0 Å². The molecule has 2 aliphatic rings. The fourth-order valence-electron chi connectivity index (χ4n) is 1.55. The Morgan fingerprint density at radius 1 is 1.45 bits per heavy atom. The molecule has 0 aliphatic carbocycles. The summed E-state index contributed by atoms with van der Waals surface area (Å²) in [6.45, 7) is 0.806. The molecule has 2 aliphatic heterocycles. The van der Waals surface area contributed by atoms with Crippen molar-refractivity contribution in [1.29, 1.82) is 0 Å². The molecule has 0 aromatic carbocycles. The van der Waals surface area contributed by atoms with Gasteiger partial charge in [-0.1, -0.05) is 0 Å². The molecule has 0 amide bonds. The van der Waals surface area contributed by atoms with Gasteiger partial charge >= 0.3 is 0 Å². The highest BCUT2D eigenvalue weighted by Gasteiger charge is 2.43. The predicted molar refractivity (Wildman–Crippen MR) is 38.9 cm³/mol. The van der Waals surface area contributed by atoms with Crippen molar-refractivity contribution in [2.75, 3.05) is 13.4 Å². The maximum absolute atomic E-state index is 9.49. The maximum Gasteiger partial charge on any atom is 0.147 e. The lowest BCUT2D eigenvalue weighted by atomic mass is 9.93. The molecule has 2 fully saturated rings. The van der Waals surface area contributed by atoms with Crippen LogP contribution in [0.1, 0.15) is 0 Å². The second-order valence-corrected chi connectivity index (χ2v) is 2.99. The third-order valence-corrected chi connectivity index (χ3v) is 2.20. The Balaban J connectivity index is 2.05. The van der Waals surface area contributed by atoms with Crippen molar-refractivity contribution in [3.05, 3.63) is 0 Å². The molecule has 0 bridgehead atoms. The standard InChI is InChI=1S/C6H11BO4/c7-6-4(8)5-3(11-6)1-9-2-10-5/h3-6,8H,1-2,7H2/t3?,4-,5-,6?/m1/s1. The highest BCUT2D eigenvalue weighted by atomic mass is 16.7. The number of hydrogen-bond acceptors (Lipinski definition) is 4. The van der Waals surface area contributed by atoms with Gasteiger partial charge in [0.05, 0.1) is 12.6 Å². The molecule has 0 aromatic heterocycles. The monoisotopic (exact) mass is 158 g/mol. The summed E-state index contributed by atoms with van der Waals surface area (Å²) >= 11 is 0. The molecule has 1 N–H and O–H groups in total. The molecular formula is C6H11BO4. The van der Waals surface area contributed by atoms with E-state index in [1.165, 1.54) is 0 Å². The number of aliphatic hydroxyl groups excluding tert-OH is 1. The lowest BCUT2D eigenvalue weighted by Gasteiger charge is -2.25. The number of fused-ring (bicyclic) bond motifs is 1. The van der Waals surface area contributed by atoms with Gasteiger partial charge in [-0.2, -0.15) is 0 Å². The van der Waals surface area contributed by atoms with E-state index in [-0.39, 0.29) is 25.0 Å².